The third-order valence-electron chi connectivity index (χ3n) is 4.23. The van der Waals surface area contributed by atoms with Crippen molar-refractivity contribution in [2.75, 3.05) is 36.4 Å². The predicted octanol–water partition coefficient (Wildman–Crippen LogP) is 2.57. The van der Waals surface area contributed by atoms with Gasteiger partial charge in [-0.25, -0.2) is 4.98 Å². The van der Waals surface area contributed by atoms with Gasteiger partial charge in [-0.2, -0.15) is 0 Å². The zero-order valence-corrected chi connectivity index (χ0v) is 14.7. The summed E-state index contributed by atoms with van der Waals surface area (Å²) in [4.78, 5) is 31.4. The zero-order chi connectivity index (χ0) is 17.8. The van der Waals surface area contributed by atoms with Crippen LogP contribution in [0.25, 0.3) is 0 Å². The van der Waals surface area contributed by atoms with E-state index in [-0.39, 0.29) is 5.91 Å². The van der Waals surface area contributed by atoms with Gasteiger partial charge < -0.3 is 15.1 Å². The van der Waals surface area contributed by atoms with E-state index >= 15 is 0 Å². The standard InChI is InChI=1S/C18H19ClN4O2/c1-13-10-15(19)3-4-16(13)21-18(25)14-2-5-17(20-11-14)23-8-6-22(12-24)7-9-23/h2-5,10-12H,6-9H2,1H3,(H,21,25). The molecule has 1 aliphatic rings. The van der Waals surface area contributed by atoms with Crippen LogP contribution in [0.3, 0.4) is 0 Å². The van der Waals surface area contributed by atoms with Crippen molar-refractivity contribution >= 4 is 35.4 Å². The minimum atomic E-state index is -0.213. The molecular formula is C18H19ClN4O2. The number of nitrogens with one attached hydrogen (secondary N) is 1. The number of nitrogens with zero attached hydrogens (tertiary/aromatic N) is 3. The van der Waals surface area contributed by atoms with Gasteiger partial charge in [0, 0.05) is 43.1 Å². The molecule has 0 radical (unpaired) electrons. The first-order chi connectivity index (χ1) is 12.1. The van der Waals surface area contributed by atoms with Gasteiger partial charge in [0.2, 0.25) is 6.41 Å². The van der Waals surface area contributed by atoms with E-state index < -0.39 is 0 Å². The van der Waals surface area contributed by atoms with Crippen LogP contribution in [0.4, 0.5) is 11.5 Å². The van der Waals surface area contributed by atoms with E-state index in [9.17, 15) is 9.59 Å². The second-order valence-electron chi connectivity index (χ2n) is 5.95. The number of rotatable bonds is 4. The number of amides is 2. The lowest BCUT2D eigenvalue weighted by molar-refractivity contribution is -0.118. The molecule has 0 bridgehead atoms. The van der Waals surface area contributed by atoms with Crippen LogP contribution in [0.2, 0.25) is 5.02 Å². The van der Waals surface area contributed by atoms with Gasteiger partial charge in [0.05, 0.1) is 5.56 Å². The number of carbonyl (C=O) groups excluding carboxylic acids is 2. The van der Waals surface area contributed by atoms with Gasteiger partial charge in [-0.15, -0.1) is 0 Å². The minimum Gasteiger partial charge on any atom is -0.353 e. The maximum atomic E-state index is 12.4. The number of benzene rings is 1. The van der Waals surface area contributed by atoms with Crippen LogP contribution in [-0.2, 0) is 4.79 Å². The number of hydrogen-bond donors (Lipinski definition) is 1. The highest BCUT2D eigenvalue weighted by Crippen LogP contribution is 2.20. The molecule has 0 aliphatic carbocycles. The third-order valence-corrected chi connectivity index (χ3v) is 4.47. The van der Waals surface area contributed by atoms with Gasteiger partial charge in [-0.3, -0.25) is 9.59 Å². The van der Waals surface area contributed by atoms with Crippen LogP contribution in [0.1, 0.15) is 15.9 Å². The molecule has 2 aromatic rings. The van der Waals surface area contributed by atoms with Gasteiger partial charge in [0.1, 0.15) is 5.82 Å². The van der Waals surface area contributed by atoms with Crippen molar-refractivity contribution in [3.8, 4) is 0 Å². The Kier molecular flexibility index (Phi) is 5.19. The van der Waals surface area contributed by atoms with Gasteiger partial charge >= 0.3 is 0 Å². The summed E-state index contributed by atoms with van der Waals surface area (Å²) in [6.07, 6.45) is 2.44. The maximum absolute atomic E-state index is 12.4. The maximum Gasteiger partial charge on any atom is 0.257 e. The molecule has 2 amide bonds. The molecule has 7 heteroatoms. The lowest BCUT2D eigenvalue weighted by atomic mass is 10.2. The predicted molar refractivity (Wildman–Crippen MR) is 98.2 cm³/mol. The summed E-state index contributed by atoms with van der Waals surface area (Å²) >= 11 is 5.93. The van der Waals surface area contributed by atoms with Crippen LogP contribution >= 0.6 is 11.6 Å². The Bertz CT molecular complexity index is 771. The molecule has 6 nitrogen and oxygen atoms in total. The normalized spacial score (nSPS) is 14.3. The van der Waals surface area contributed by atoms with Crippen molar-refractivity contribution in [3.05, 3.63) is 52.7 Å². The first-order valence-corrected chi connectivity index (χ1v) is 8.42. The Morgan fingerprint density at radius 2 is 1.96 bits per heavy atom. The number of piperazine rings is 1. The summed E-state index contributed by atoms with van der Waals surface area (Å²) in [6, 6.07) is 8.92. The van der Waals surface area contributed by atoms with Gasteiger partial charge in [-0.1, -0.05) is 11.6 Å². The monoisotopic (exact) mass is 358 g/mol. The summed E-state index contributed by atoms with van der Waals surface area (Å²) in [5.41, 5.74) is 2.12. The Labute approximate surface area is 151 Å². The summed E-state index contributed by atoms with van der Waals surface area (Å²) in [5.74, 6) is 0.597. The van der Waals surface area contributed by atoms with Crippen LogP contribution in [-0.4, -0.2) is 48.4 Å². The molecule has 0 saturated carbocycles. The summed E-state index contributed by atoms with van der Waals surface area (Å²) in [7, 11) is 0. The molecule has 0 spiro atoms. The number of aromatic nitrogens is 1. The highest BCUT2D eigenvalue weighted by Gasteiger charge is 2.17. The van der Waals surface area contributed by atoms with E-state index in [0.717, 1.165) is 36.6 Å². The minimum absolute atomic E-state index is 0.213. The smallest absolute Gasteiger partial charge is 0.257 e. The molecule has 130 valence electrons. The van der Waals surface area contributed by atoms with E-state index in [0.29, 0.717) is 23.7 Å². The fraction of sp³-hybridized carbons (Fsp3) is 0.278. The van der Waals surface area contributed by atoms with Crippen molar-refractivity contribution in [2.45, 2.75) is 6.92 Å². The summed E-state index contributed by atoms with van der Waals surface area (Å²) < 4.78 is 0. The molecule has 0 unspecified atom stereocenters. The number of aryl methyl sites for hydroxylation is 1. The van der Waals surface area contributed by atoms with Gasteiger partial charge in [0.15, 0.2) is 0 Å². The molecule has 1 aliphatic heterocycles. The van der Waals surface area contributed by atoms with Crippen molar-refractivity contribution in [3.63, 3.8) is 0 Å². The highest BCUT2D eigenvalue weighted by atomic mass is 35.5. The third kappa shape index (κ3) is 4.09. The number of pyridine rings is 1. The summed E-state index contributed by atoms with van der Waals surface area (Å²) in [6.45, 7) is 4.73. The fourth-order valence-corrected chi connectivity index (χ4v) is 2.95. The van der Waals surface area contributed by atoms with Crippen LogP contribution < -0.4 is 10.2 Å². The van der Waals surface area contributed by atoms with E-state index in [1.165, 1.54) is 0 Å². The van der Waals surface area contributed by atoms with Crippen LogP contribution in [0.5, 0.6) is 0 Å². The second-order valence-corrected chi connectivity index (χ2v) is 6.38. The SMILES string of the molecule is Cc1cc(Cl)ccc1NC(=O)c1ccc(N2CCN(C=O)CC2)nc1. The average molecular weight is 359 g/mol. The first-order valence-electron chi connectivity index (χ1n) is 8.04. The van der Waals surface area contributed by atoms with E-state index in [1.54, 1.807) is 35.4 Å². The van der Waals surface area contributed by atoms with Gasteiger partial charge in [0.25, 0.3) is 5.91 Å². The Hall–Kier alpha value is -2.60. The van der Waals surface area contributed by atoms with Crippen LogP contribution in [0, 0.1) is 6.92 Å². The molecule has 1 fully saturated rings. The second kappa shape index (κ2) is 7.53. The molecule has 0 atom stereocenters. The Balaban J connectivity index is 1.65. The Morgan fingerprint density at radius 3 is 2.56 bits per heavy atom. The van der Waals surface area contributed by atoms with E-state index in [1.807, 2.05) is 13.0 Å². The van der Waals surface area contributed by atoms with Crippen molar-refractivity contribution in [1.29, 1.82) is 0 Å². The number of anilines is 2. The summed E-state index contributed by atoms with van der Waals surface area (Å²) in [5, 5.41) is 3.50. The molecule has 2 heterocycles. The largest absolute Gasteiger partial charge is 0.353 e. The lowest BCUT2D eigenvalue weighted by Crippen LogP contribution is -2.46. The fourth-order valence-electron chi connectivity index (χ4n) is 2.73. The van der Waals surface area contributed by atoms with Crippen molar-refractivity contribution < 1.29 is 9.59 Å². The topological polar surface area (TPSA) is 65.5 Å². The Morgan fingerprint density at radius 1 is 1.20 bits per heavy atom. The van der Waals surface area contributed by atoms with E-state index in [2.05, 4.69) is 15.2 Å². The van der Waals surface area contributed by atoms with Crippen molar-refractivity contribution in [1.82, 2.24) is 9.88 Å². The zero-order valence-electron chi connectivity index (χ0n) is 13.9. The van der Waals surface area contributed by atoms with Gasteiger partial charge in [-0.05, 0) is 42.8 Å². The molecule has 1 saturated heterocycles. The molecule has 1 N–H and O–H groups in total. The molecular weight excluding hydrogens is 340 g/mol. The molecule has 1 aromatic heterocycles. The molecule has 25 heavy (non-hydrogen) atoms. The number of hydrogen-bond acceptors (Lipinski definition) is 4. The van der Waals surface area contributed by atoms with Crippen molar-refractivity contribution in [2.24, 2.45) is 0 Å². The van der Waals surface area contributed by atoms with E-state index in [4.69, 9.17) is 11.6 Å². The quantitative estimate of drug-likeness (QED) is 0.853. The number of halogens is 1. The first kappa shape index (κ1) is 17.2. The molecule has 3 rings (SSSR count). The lowest BCUT2D eigenvalue weighted by Gasteiger charge is -2.33. The van der Waals surface area contributed by atoms with Crippen LogP contribution in [0.15, 0.2) is 36.5 Å². The number of carbonyl (C=O) groups is 2. The molecule has 1 aromatic carbocycles. The highest BCUT2D eigenvalue weighted by molar-refractivity contribution is 6.30. The average Bonchev–Trinajstić information content (AvgIpc) is 2.64.